The second-order valence-electron chi connectivity index (χ2n) is 5.06. The van der Waals surface area contributed by atoms with Crippen LogP contribution < -0.4 is 5.73 Å². The van der Waals surface area contributed by atoms with Gasteiger partial charge in [-0.2, -0.15) is 0 Å². The predicted molar refractivity (Wildman–Crippen MR) is 86.9 cm³/mol. The molecule has 0 heterocycles. The normalized spacial score (nSPS) is 11.6. The number of carbonyl (C=O) groups excluding carboxylic acids is 2. The Morgan fingerprint density at radius 2 is 1.65 bits per heavy atom. The third kappa shape index (κ3) is 3.96. The number of esters is 2. The average Bonchev–Trinajstić information content (AvgIpc) is 2.60. The highest BCUT2D eigenvalue weighted by Crippen LogP contribution is 2.25. The maximum Gasteiger partial charge on any atom is 0.337 e. The summed E-state index contributed by atoms with van der Waals surface area (Å²) in [6.07, 6.45) is 0.377. The smallest absolute Gasteiger partial charge is 0.337 e. The van der Waals surface area contributed by atoms with Crippen LogP contribution in [0.4, 0.5) is 0 Å². The lowest BCUT2D eigenvalue weighted by molar-refractivity contribution is -0.142. The highest BCUT2D eigenvalue weighted by molar-refractivity contribution is 5.90. The Hall–Kier alpha value is -2.66. The molecule has 23 heavy (non-hydrogen) atoms. The van der Waals surface area contributed by atoms with Crippen LogP contribution >= 0.6 is 0 Å². The van der Waals surface area contributed by atoms with Crippen LogP contribution in [0.2, 0.25) is 0 Å². The number of hydrogen-bond donors (Lipinski definition) is 1. The van der Waals surface area contributed by atoms with Crippen LogP contribution in [0.25, 0.3) is 11.1 Å². The maximum atomic E-state index is 11.5. The van der Waals surface area contributed by atoms with Gasteiger partial charge in [-0.25, -0.2) is 4.79 Å². The van der Waals surface area contributed by atoms with Gasteiger partial charge in [-0.15, -0.1) is 0 Å². The Morgan fingerprint density at radius 3 is 2.26 bits per heavy atom. The summed E-state index contributed by atoms with van der Waals surface area (Å²) < 4.78 is 9.36. The van der Waals surface area contributed by atoms with E-state index < -0.39 is 12.0 Å². The topological polar surface area (TPSA) is 78.6 Å². The largest absolute Gasteiger partial charge is 0.468 e. The molecule has 0 amide bonds. The van der Waals surface area contributed by atoms with E-state index in [0.29, 0.717) is 12.0 Å². The molecule has 120 valence electrons. The number of methoxy groups -OCH3 is 2. The van der Waals surface area contributed by atoms with Gasteiger partial charge in [0.15, 0.2) is 0 Å². The first kappa shape index (κ1) is 16.7. The lowest BCUT2D eigenvalue weighted by Gasteiger charge is -2.13. The fourth-order valence-corrected chi connectivity index (χ4v) is 2.36. The fraction of sp³-hybridized carbons (Fsp3) is 0.222. The Balaban J connectivity index is 2.29. The van der Waals surface area contributed by atoms with Gasteiger partial charge in [0.2, 0.25) is 0 Å². The van der Waals surface area contributed by atoms with E-state index in [4.69, 9.17) is 10.5 Å². The third-order valence-electron chi connectivity index (χ3n) is 3.58. The fourth-order valence-electron chi connectivity index (χ4n) is 2.36. The summed E-state index contributed by atoms with van der Waals surface area (Å²) in [7, 11) is 2.67. The summed E-state index contributed by atoms with van der Waals surface area (Å²) in [6.45, 7) is 0. The zero-order chi connectivity index (χ0) is 16.8. The second kappa shape index (κ2) is 7.56. The molecule has 0 radical (unpaired) electrons. The lowest BCUT2D eigenvalue weighted by Crippen LogP contribution is -2.33. The van der Waals surface area contributed by atoms with Gasteiger partial charge in [-0.05, 0) is 35.2 Å². The highest BCUT2D eigenvalue weighted by atomic mass is 16.5. The van der Waals surface area contributed by atoms with Crippen molar-refractivity contribution in [3.63, 3.8) is 0 Å². The van der Waals surface area contributed by atoms with Gasteiger partial charge in [0, 0.05) is 0 Å². The highest BCUT2D eigenvalue weighted by Gasteiger charge is 2.16. The summed E-state index contributed by atoms with van der Waals surface area (Å²) in [5.74, 6) is -0.821. The second-order valence-corrected chi connectivity index (χ2v) is 5.06. The minimum atomic E-state index is -0.713. The van der Waals surface area contributed by atoms with Crippen LogP contribution in [-0.2, 0) is 20.7 Å². The van der Waals surface area contributed by atoms with E-state index in [2.05, 4.69) is 4.74 Å². The van der Waals surface area contributed by atoms with Crippen LogP contribution in [0, 0.1) is 0 Å². The molecule has 0 fully saturated rings. The molecular weight excluding hydrogens is 294 g/mol. The third-order valence-corrected chi connectivity index (χ3v) is 3.58. The van der Waals surface area contributed by atoms with E-state index in [-0.39, 0.29) is 5.97 Å². The van der Waals surface area contributed by atoms with E-state index in [1.54, 1.807) is 12.1 Å². The van der Waals surface area contributed by atoms with Crippen molar-refractivity contribution in [1.29, 1.82) is 0 Å². The number of ether oxygens (including phenoxy) is 2. The summed E-state index contributed by atoms with van der Waals surface area (Å²) >= 11 is 0. The van der Waals surface area contributed by atoms with Crippen molar-refractivity contribution in [2.75, 3.05) is 14.2 Å². The minimum Gasteiger partial charge on any atom is -0.468 e. The van der Waals surface area contributed by atoms with Gasteiger partial charge in [0.05, 0.1) is 19.8 Å². The van der Waals surface area contributed by atoms with Gasteiger partial charge in [-0.1, -0.05) is 36.4 Å². The summed E-state index contributed by atoms with van der Waals surface area (Å²) in [5, 5.41) is 0. The zero-order valence-electron chi connectivity index (χ0n) is 13.1. The van der Waals surface area contributed by atoms with Crippen LogP contribution in [0.15, 0.2) is 48.5 Å². The van der Waals surface area contributed by atoms with Crippen molar-refractivity contribution in [2.24, 2.45) is 5.73 Å². The molecule has 0 aliphatic carbocycles. The lowest BCUT2D eigenvalue weighted by atomic mass is 9.95. The van der Waals surface area contributed by atoms with Gasteiger partial charge in [-0.3, -0.25) is 4.79 Å². The molecule has 5 nitrogen and oxygen atoms in total. The molecule has 0 spiro atoms. The molecule has 1 unspecified atom stereocenters. The van der Waals surface area contributed by atoms with E-state index >= 15 is 0 Å². The molecule has 0 saturated heterocycles. The summed E-state index contributed by atoms with van der Waals surface area (Å²) in [5.41, 5.74) is 9.18. The van der Waals surface area contributed by atoms with Crippen molar-refractivity contribution in [1.82, 2.24) is 0 Å². The molecule has 1 atom stereocenters. The van der Waals surface area contributed by atoms with E-state index in [1.165, 1.54) is 14.2 Å². The first-order valence-corrected chi connectivity index (χ1v) is 7.17. The minimum absolute atomic E-state index is 0.377. The predicted octanol–water partition coefficient (Wildman–Crippen LogP) is 2.18. The number of carbonyl (C=O) groups is 2. The molecule has 0 aromatic heterocycles. The van der Waals surface area contributed by atoms with Gasteiger partial charge in [0.1, 0.15) is 6.04 Å². The molecule has 2 aromatic rings. The standard InChI is InChI=1S/C18H19NO4/c1-22-17(20)13-9-7-12(8-10-13)15-6-4-3-5-14(15)11-16(19)18(21)23-2/h3-10,16H,11,19H2,1-2H3. The van der Waals surface area contributed by atoms with Crippen molar-refractivity contribution in [3.05, 3.63) is 59.7 Å². The van der Waals surface area contributed by atoms with E-state index in [1.807, 2.05) is 36.4 Å². The molecule has 0 bridgehead atoms. The molecule has 2 rings (SSSR count). The molecule has 2 aromatic carbocycles. The Kier molecular flexibility index (Phi) is 5.49. The molecule has 0 aliphatic rings. The first-order valence-electron chi connectivity index (χ1n) is 7.17. The molecular formula is C18H19NO4. The van der Waals surface area contributed by atoms with Crippen LogP contribution in [0.5, 0.6) is 0 Å². The SMILES string of the molecule is COC(=O)c1ccc(-c2ccccc2CC(N)C(=O)OC)cc1. The van der Waals surface area contributed by atoms with Gasteiger partial charge in [0.25, 0.3) is 0 Å². The van der Waals surface area contributed by atoms with Crippen molar-refractivity contribution in [3.8, 4) is 11.1 Å². The number of nitrogens with two attached hydrogens (primary N) is 1. The monoisotopic (exact) mass is 313 g/mol. The summed E-state index contributed by atoms with van der Waals surface area (Å²) in [6, 6.07) is 14.1. The molecule has 0 aliphatic heterocycles. The number of rotatable bonds is 5. The van der Waals surface area contributed by atoms with Crippen LogP contribution in [-0.4, -0.2) is 32.2 Å². The van der Waals surface area contributed by atoms with Gasteiger partial charge < -0.3 is 15.2 Å². The van der Waals surface area contributed by atoms with Crippen molar-refractivity contribution >= 4 is 11.9 Å². The van der Waals surface area contributed by atoms with Crippen molar-refractivity contribution < 1.29 is 19.1 Å². The Labute approximate surface area is 135 Å². The van der Waals surface area contributed by atoms with E-state index in [9.17, 15) is 9.59 Å². The summed E-state index contributed by atoms with van der Waals surface area (Å²) in [4.78, 5) is 23.0. The Morgan fingerprint density at radius 1 is 1.00 bits per heavy atom. The molecule has 0 saturated carbocycles. The maximum absolute atomic E-state index is 11.5. The average molecular weight is 313 g/mol. The number of benzene rings is 2. The van der Waals surface area contributed by atoms with E-state index in [0.717, 1.165) is 16.7 Å². The quantitative estimate of drug-likeness (QED) is 0.856. The van der Waals surface area contributed by atoms with Crippen molar-refractivity contribution in [2.45, 2.75) is 12.5 Å². The molecule has 5 heteroatoms. The Bertz CT molecular complexity index is 694. The molecule has 2 N–H and O–H groups in total. The van der Waals surface area contributed by atoms with Crippen LogP contribution in [0.1, 0.15) is 15.9 Å². The van der Waals surface area contributed by atoms with Crippen LogP contribution in [0.3, 0.4) is 0 Å². The number of hydrogen-bond acceptors (Lipinski definition) is 5. The zero-order valence-corrected chi connectivity index (χ0v) is 13.1. The van der Waals surface area contributed by atoms with Gasteiger partial charge >= 0.3 is 11.9 Å². The first-order chi connectivity index (χ1) is 11.1.